The van der Waals surface area contributed by atoms with Crippen molar-refractivity contribution in [3.63, 3.8) is 0 Å². The van der Waals surface area contributed by atoms with Gasteiger partial charge in [0.25, 0.3) is 5.91 Å². The van der Waals surface area contributed by atoms with Crippen LogP contribution in [0.5, 0.6) is 0 Å². The number of benzene rings is 1. The van der Waals surface area contributed by atoms with E-state index in [1.165, 1.54) is 0 Å². The lowest BCUT2D eigenvalue weighted by Crippen LogP contribution is -2.37. The first kappa shape index (κ1) is 13.8. The van der Waals surface area contributed by atoms with Gasteiger partial charge in [0.15, 0.2) is 0 Å². The van der Waals surface area contributed by atoms with E-state index < -0.39 is 0 Å². The zero-order valence-corrected chi connectivity index (χ0v) is 11.7. The predicted molar refractivity (Wildman–Crippen MR) is 79.7 cm³/mol. The van der Waals surface area contributed by atoms with Gasteiger partial charge < -0.3 is 10.4 Å². The molecule has 3 rings (SSSR count). The van der Waals surface area contributed by atoms with Crippen LogP contribution in [0.1, 0.15) is 29.6 Å². The van der Waals surface area contributed by atoms with E-state index in [4.69, 9.17) is 5.11 Å². The number of nitrogens with one attached hydrogen (secondary N) is 2. The van der Waals surface area contributed by atoms with Crippen molar-refractivity contribution in [2.24, 2.45) is 5.92 Å². The maximum absolute atomic E-state index is 12.5. The SMILES string of the molecule is O=C(NC(CCO)C1CC1)c1cn[nH]c1-c1ccccc1. The average Bonchev–Trinajstić information content (AvgIpc) is 3.24. The Balaban J connectivity index is 1.77. The van der Waals surface area contributed by atoms with Crippen LogP contribution in [0.25, 0.3) is 11.3 Å². The Morgan fingerprint density at radius 2 is 2.14 bits per heavy atom. The lowest BCUT2D eigenvalue weighted by molar-refractivity contribution is 0.0925. The molecule has 1 aliphatic rings. The normalized spacial score (nSPS) is 15.7. The zero-order valence-electron chi connectivity index (χ0n) is 11.7. The van der Waals surface area contributed by atoms with Crippen molar-refractivity contribution in [2.75, 3.05) is 6.61 Å². The van der Waals surface area contributed by atoms with Crippen molar-refractivity contribution in [3.05, 3.63) is 42.1 Å². The number of aliphatic hydroxyl groups is 1. The number of aromatic amines is 1. The van der Waals surface area contributed by atoms with Crippen LogP contribution >= 0.6 is 0 Å². The van der Waals surface area contributed by atoms with E-state index in [1.54, 1.807) is 6.20 Å². The number of hydrogen-bond donors (Lipinski definition) is 3. The van der Waals surface area contributed by atoms with Crippen LogP contribution in [0, 0.1) is 5.92 Å². The van der Waals surface area contributed by atoms with Gasteiger partial charge in [-0.25, -0.2) is 0 Å². The number of carbonyl (C=O) groups is 1. The fourth-order valence-corrected chi connectivity index (χ4v) is 2.59. The van der Waals surface area contributed by atoms with Gasteiger partial charge in [-0.05, 0) is 25.2 Å². The second-order valence-corrected chi connectivity index (χ2v) is 5.45. The third-order valence-corrected chi connectivity index (χ3v) is 3.89. The highest BCUT2D eigenvalue weighted by atomic mass is 16.3. The number of aliphatic hydroxyl groups excluding tert-OH is 1. The molecule has 5 heteroatoms. The molecular formula is C16H19N3O2. The van der Waals surface area contributed by atoms with Crippen molar-refractivity contribution in [1.29, 1.82) is 0 Å². The van der Waals surface area contributed by atoms with Crippen LogP contribution in [-0.2, 0) is 0 Å². The molecule has 0 radical (unpaired) electrons. The minimum Gasteiger partial charge on any atom is -0.396 e. The molecule has 1 unspecified atom stereocenters. The van der Waals surface area contributed by atoms with Crippen molar-refractivity contribution in [3.8, 4) is 11.3 Å². The van der Waals surface area contributed by atoms with Crippen molar-refractivity contribution < 1.29 is 9.90 Å². The van der Waals surface area contributed by atoms with Gasteiger partial charge in [0, 0.05) is 18.2 Å². The molecule has 1 aliphatic carbocycles. The van der Waals surface area contributed by atoms with E-state index >= 15 is 0 Å². The van der Waals surface area contributed by atoms with Crippen LogP contribution in [0.3, 0.4) is 0 Å². The highest BCUT2D eigenvalue weighted by Gasteiger charge is 2.32. The molecule has 1 fully saturated rings. The monoisotopic (exact) mass is 285 g/mol. The third-order valence-electron chi connectivity index (χ3n) is 3.89. The fraction of sp³-hybridized carbons (Fsp3) is 0.375. The predicted octanol–water partition coefficient (Wildman–Crippen LogP) is 1.97. The summed E-state index contributed by atoms with van der Waals surface area (Å²) in [6, 6.07) is 9.73. The van der Waals surface area contributed by atoms with Gasteiger partial charge in [0.05, 0.1) is 17.5 Å². The van der Waals surface area contributed by atoms with Crippen LogP contribution in [-0.4, -0.2) is 33.9 Å². The summed E-state index contributed by atoms with van der Waals surface area (Å²) in [5.41, 5.74) is 2.21. The summed E-state index contributed by atoms with van der Waals surface area (Å²) in [5, 5.41) is 19.0. The summed E-state index contributed by atoms with van der Waals surface area (Å²) >= 11 is 0. The Bertz CT molecular complexity index is 605. The Kier molecular flexibility index (Phi) is 4.01. The van der Waals surface area contributed by atoms with Crippen LogP contribution in [0.2, 0.25) is 0 Å². The Morgan fingerprint density at radius 3 is 2.81 bits per heavy atom. The van der Waals surface area contributed by atoms with Crippen molar-refractivity contribution in [2.45, 2.75) is 25.3 Å². The summed E-state index contributed by atoms with van der Waals surface area (Å²) < 4.78 is 0. The Morgan fingerprint density at radius 1 is 1.38 bits per heavy atom. The molecule has 3 N–H and O–H groups in total. The van der Waals surface area contributed by atoms with Gasteiger partial charge in [-0.15, -0.1) is 0 Å². The molecule has 1 amide bonds. The van der Waals surface area contributed by atoms with Crippen LogP contribution in [0.15, 0.2) is 36.5 Å². The molecule has 2 aromatic rings. The van der Waals surface area contributed by atoms with E-state index in [-0.39, 0.29) is 18.6 Å². The molecule has 0 aliphatic heterocycles. The number of carbonyl (C=O) groups excluding carboxylic acids is 1. The molecule has 1 atom stereocenters. The third kappa shape index (κ3) is 3.13. The van der Waals surface area contributed by atoms with Gasteiger partial charge >= 0.3 is 0 Å². The van der Waals surface area contributed by atoms with E-state index in [2.05, 4.69) is 15.5 Å². The summed E-state index contributed by atoms with van der Waals surface area (Å²) in [7, 11) is 0. The first-order valence-corrected chi connectivity index (χ1v) is 7.30. The Hall–Kier alpha value is -2.14. The number of nitrogens with zero attached hydrogens (tertiary/aromatic N) is 1. The maximum atomic E-state index is 12.5. The first-order chi connectivity index (χ1) is 10.3. The zero-order chi connectivity index (χ0) is 14.7. The number of H-pyrrole nitrogens is 1. The lowest BCUT2D eigenvalue weighted by Gasteiger charge is -2.17. The van der Waals surface area contributed by atoms with E-state index in [0.29, 0.717) is 17.9 Å². The minimum atomic E-state index is -0.132. The molecule has 0 spiro atoms. The topological polar surface area (TPSA) is 78.0 Å². The molecule has 0 saturated heterocycles. The van der Waals surface area contributed by atoms with Gasteiger partial charge in [-0.2, -0.15) is 5.10 Å². The smallest absolute Gasteiger partial charge is 0.255 e. The van der Waals surface area contributed by atoms with Gasteiger partial charge in [0.1, 0.15) is 0 Å². The number of amides is 1. The molecule has 5 nitrogen and oxygen atoms in total. The largest absolute Gasteiger partial charge is 0.396 e. The quantitative estimate of drug-likeness (QED) is 0.759. The highest BCUT2D eigenvalue weighted by molar-refractivity contribution is 5.99. The average molecular weight is 285 g/mol. The minimum absolute atomic E-state index is 0.0565. The number of hydrogen-bond acceptors (Lipinski definition) is 3. The molecule has 0 bridgehead atoms. The molecule has 1 aromatic heterocycles. The molecule has 1 saturated carbocycles. The molecule has 1 heterocycles. The van der Waals surface area contributed by atoms with Crippen LogP contribution in [0.4, 0.5) is 0 Å². The molecule has 1 aromatic carbocycles. The second-order valence-electron chi connectivity index (χ2n) is 5.45. The summed E-state index contributed by atoms with van der Waals surface area (Å²) in [4.78, 5) is 12.5. The van der Waals surface area contributed by atoms with Crippen molar-refractivity contribution >= 4 is 5.91 Å². The van der Waals surface area contributed by atoms with E-state index in [0.717, 1.165) is 24.1 Å². The molecular weight excluding hydrogens is 266 g/mol. The lowest BCUT2D eigenvalue weighted by atomic mass is 10.1. The number of aromatic nitrogens is 2. The summed E-state index contributed by atoms with van der Waals surface area (Å²) in [6.45, 7) is 0.0956. The van der Waals surface area contributed by atoms with E-state index in [9.17, 15) is 4.79 Å². The first-order valence-electron chi connectivity index (χ1n) is 7.30. The fourth-order valence-electron chi connectivity index (χ4n) is 2.59. The number of rotatable bonds is 6. The van der Waals surface area contributed by atoms with Gasteiger partial charge in [-0.3, -0.25) is 9.89 Å². The molecule has 21 heavy (non-hydrogen) atoms. The second kappa shape index (κ2) is 6.10. The maximum Gasteiger partial charge on any atom is 0.255 e. The Labute approximate surface area is 123 Å². The van der Waals surface area contributed by atoms with Crippen molar-refractivity contribution in [1.82, 2.24) is 15.5 Å². The highest BCUT2D eigenvalue weighted by Crippen LogP contribution is 2.34. The molecule has 110 valence electrons. The van der Waals surface area contributed by atoms with Gasteiger partial charge in [-0.1, -0.05) is 30.3 Å². The van der Waals surface area contributed by atoms with E-state index in [1.807, 2.05) is 30.3 Å². The standard InChI is InChI=1S/C16H19N3O2/c20-9-8-14(11-6-7-11)18-16(21)13-10-17-19-15(13)12-4-2-1-3-5-12/h1-5,10-11,14,20H,6-9H2,(H,17,19)(H,18,21). The summed E-state index contributed by atoms with van der Waals surface area (Å²) in [5.74, 6) is 0.376. The van der Waals surface area contributed by atoms with Gasteiger partial charge in [0.2, 0.25) is 0 Å². The van der Waals surface area contributed by atoms with Crippen LogP contribution < -0.4 is 5.32 Å². The summed E-state index contributed by atoms with van der Waals surface area (Å²) in [6.07, 6.45) is 4.42.